The lowest BCUT2D eigenvalue weighted by Gasteiger charge is -2.25. The number of allylic oxidation sites excluding steroid dienone is 1. The molecule has 28 heavy (non-hydrogen) atoms. The molecule has 3 aromatic rings. The number of methoxy groups -OCH3 is 1. The summed E-state index contributed by atoms with van der Waals surface area (Å²) in [5.74, 6) is -0.133. The highest BCUT2D eigenvalue weighted by Crippen LogP contribution is 2.44. The van der Waals surface area contributed by atoms with Gasteiger partial charge in [-0.2, -0.15) is 0 Å². The van der Waals surface area contributed by atoms with Gasteiger partial charge in [-0.15, -0.1) is 0 Å². The third kappa shape index (κ3) is 2.66. The maximum atomic E-state index is 12.8. The Morgan fingerprint density at radius 3 is 2.50 bits per heavy atom. The van der Waals surface area contributed by atoms with Crippen LogP contribution in [0, 0.1) is 10.1 Å². The van der Waals surface area contributed by atoms with Crippen LogP contribution in [0.25, 0.3) is 11.0 Å². The number of para-hydroxylation sites is 1. The van der Waals surface area contributed by atoms with Crippen molar-refractivity contribution in [3.05, 3.63) is 91.8 Å². The summed E-state index contributed by atoms with van der Waals surface area (Å²) in [6.07, 6.45) is 0. The van der Waals surface area contributed by atoms with Gasteiger partial charge in [0.2, 0.25) is 0 Å². The van der Waals surface area contributed by atoms with Gasteiger partial charge in [-0.1, -0.05) is 24.3 Å². The van der Waals surface area contributed by atoms with Crippen molar-refractivity contribution in [3.63, 3.8) is 0 Å². The molecule has 0 amide bonds. The van der Waals surface area contributed by atoms with Crippen molar-refractivity contribution in [3.8, 4) is 11.5 Å². The van der Waals surface area contributed by atoms with Gasteiger partial charge in [0.15, 0.2) is 5.75 Å². The molecule has 8 nitrogen and oxygen atoms in total. The van der Waals surface area contributed by atoms with E-state index >= 15 is 0 Å². The van der Waals surface area contributed by atoms with Crippen molar-refractivity contribution in [2.24, 2.45) is 0 Å². The van der Waals surface area contributed by atoms with Gasteiger partial charge in [0.1, 0.15) is 17.3 Å². The lowest BCUT2D eigenvalue weighted by atomic mass is 9.87. The Bertz CT molecular complexity index is 1160. The fraction of sp³-hybridized carbons (Fsp3) is 0.150. The molecule has 1 aromatic heterocycles. The summed E-state index contributed by atoms with van der Waals surface area (Å²) < 4.78 is 16.4. The standard InChI is InChI=1S/C20H16N2O6/c1-21-19-17(22(24)25)15(11-7-9-12(26-2)10-8-11)16-18(28-19)13-5-3-4-6-14(13)27-20(16)23/h3-10,15,21H,1-2H3. The molecular weight excluding hydrogens is 364 g/mol. The third-order valence-electron chi connectivity index (χ3n) is 4.67. The van der Waals surface area contributed by atoms with Gasteiger partial charge < -0.3 is 19.2 Å². The van der Waals surface area contributed by atoms with E-state index in [1.54, 1.807) is 48.5 Å². The molecule has 4 rings (SSSR count). The highest BCUT2D eigenvalue weighted by molar-refractivity contribution is 5.85. The fourth-order valence-corrected chi connectivity index (χ4v) is 3.41. The average molecular weight is 380 g/mol. The SMILES string of the molecule is CNC1=C([N+](=O)[O-])C(c2ccc(OC)cc2)c2c(c3ccccc3oc2=O)O1. The van der Waals surface area contributed by atoms with Gasteiger partial charge in [-0.25, -0.2) is 4.79 Å². The number of hydrogen-bond donors (Lipinski definition) is 1. The molecular formula is C20H16N2O6. The van der Waals surface area contributed by atoms with Crippen LogP contribution in [-0.2, 0) is 0 Å². The number of benzene rings is 2. The third-order valence-corrected chi connectivity index (χ3v) is 4.67. The van der Waals surface area contributed by atoms with E-state index in [-0.39, 0.29) is 22.9 Å². The molecule has 1 atom stereocenters. The Kier molecular flexibility index (Phi) is 4.23. The molecule has 1 unspecified atom stereocenters. The number of ether oxygens (including phenoxy) is 2. The van der Waals surface area contributed by atoms with Crippen molar-refractivity contribution in [2.45, 2.75) is 5.92 Å². The first-order valence-electron chi connectivity index (χ1n) is 8.49. The van der Waals surface area contributed by atoms with Gasteiger partial charge in [0, 0.05) is 7.05 Å². The molecule has 0 fully saturated rings. The highest BCUT2D eigenvalue weighted by Gasteiger charge is 2.42. The minimum atomic E-state index is -0.965. The van der Waals surface area contributed by atoms with Crippen LogP contribution >= 0.6 is 0 Å². The number of rotatable bonds is 4. The van der Waals surface area contributed by atoms with Crippen LogP contribution in [0.2, 0.25) is 0 Å². The average Bonchev–Trinajstić information content (AvgIpc) is 2.72. The Labute approximate surface area is 159 Å². The second kappa shape index (κ2) is 6.73. The van der Waals surface area contributed by atoms with Crippen LogP contribution in [0.4, 0.5) is 0 Å². The van der Waals surface area contributed by atoms with Crippen LogP contribution in [0.5, 0.6) is 11.5 Å². The van der Waals surface area contributed by atoms with Crippen LogP contribution in [0.1, 0.15) is 17.0 Å². The van der Waals surface area contributed by atoms with E-state index in [9.17, 15) is 14.9 Å². The molecule has 0 radical (unpaired) electrons. The smallest absolute Gasteiger partial charge is 0.344 e. The number of hydrogen-bond acceptors (Lipinski definition) is 7. The first-order chi connectivity index (χ1) is 13.5. The monoisotopic (exact) mass is 380 g/mol. The largest absolute Gasteiger partial charge is 0.497 e. The second-order valence-corrected chi connectivity index (χ2v) is 6.16. The van der Waals surface area contributed by atoms with Gasteiger partial charge in [-0.05, 0) is 29.8 Å². The first kappa shape index (κ1) is 17.6. The molecule has 8 heteroatoms. The molecule has 1 aliphatic rings. The molecule has 2 heterocycles. The normalized spacial score (nSPS) is 15.7. The Hall–Kier alpha value is -3.81. The Balaban J connectivity index is 2.06. The predicted molar refractivity (Wildman–Crippen MR) is 101 cm³/mol. The summed E-state index contributed by atoms with van der Waals surface area (Å²) >= 11 is 0. The van der Waals surface area contributed by atoms with Crippen molar-refractivity contribution in [2.75, 3.05) is 14.2 Å². The van der Waals surface area contributed by atoms with Crippen molar-refractivity contribution < 1.29 is 18.8 Å². The number of nitrogens with zero attached hydrogens (tertiary/aromatic N) is 1. The summed E-state index contributed by atoms with van der Waals surface area (Å²) in [7, 11) is 3.06. The molecule has 142 valence electrons. The highest BCUT2D eigenvalue weighted by atomic mass is 16.6. The fourth-order valence-electron chi connectivity index (χ4n) is 3.41. The van der Waals surface area contributed by atoms with Crippen LogP contribution in [0.3, 0.4) is 0 Å². The maximum absolute atomic E-state index is 12.8. The number of fused-ring (bicyclic) bond motifs is 3. The number of nitro groups is 1. The van der Waals surface area contributed by atoms with Gasteiger partial charge in [-0.3, -0.25) is 10.1 Å². The van der Waals surface area contributed by atoms with E-state index in [1.165, 1.54) is 14.2 Å². The molecule has 0 bridgehead atoms. The molecule has 2 aromatic carbocycles. The second-order valence-electron chi connectivity index (χ2n) is 6.16. The quantitative estimate of drug-likeness (QED) is 0.421. The molecule has 1 N–H and O–H groups in total. The van der Waals surface area contributed by atoms with E-state index < -0.39 is 16.5 Å². The summed E-state index contributed by atoms with van der Waals surface area (Å²) in [5, 5.41) is 15.2. The van der Waals surface area contributed by atoms with Gasteiger partial charge >= 0.3 is 11.3 Å². The van der Waals surface area contributed by atoms with E-state index in [4.69, 9.17) is 13.9 Å². The van der Waals surface area contributed by atoms with Crippen LogP contribution < -0.4 is 20.4 Å². The first-order valence-corrected chi connectivity index (χ1v) is 8.49. The zero-order valence-corrected chi connectivity index (χ0v) is 15.1. The molecule has 0 aliphatic carbocycles. The minimum Gasteiger partial charge on any atom is -0.497 e. The van der Waals surface area contributed by atoms with Crippen molar-refractivity contribution in [1.29, 1.82) is 0 Å². The van der Waals surface area contributed by atoms with E-state index in [1.807, 2.05) is 0 Å². The molecule has 0 saturated carbocycles. The van der Waals surface area contributed by atoms with Crippen molar-refractivity contribution >= 4 is 11.0 Å². The number of nitrogens with one attached hydrogen (secondary N) is 1. The van der Waals surface area contributed by atoms with Crippen LogP contribution in [0.15, 0.2) is 69.3 Å². The Morgan fingerprint density at radius 1 is 1.14 bits per heavy atom. The molecule has 0 spiro atoms. The summed E-state index contributed by atoms with van der Waals surface area (Å²) in [6, 6.07) is 13.6. The van der Waals surface area contributed by atoms with E-state index in [0.29, 0.717) is 22.3 Å². The minimum absolute atomic E-state index is 0.0194. The molecule has 0 saturated heterocycles. The summed E-state index contributed by atoms with van der Waals surface area (Å²) in [5.41, 5.74) is 0.0495. The van der Waals surface area contributed by atoms with Gasteiger partial charge in [0.25, 0.3) is 5.88 Å². The predicted octanol–water partition coefficient (Wildman–Crippen LogP) is 2.99. The summed E-state index contributed by atoms with van der Waals surface area (Å²) in [4.78, 5) is 24.2. The maximum Gasteiger partial charge on any atom is 0.344 e. The lowest BCUT2D eigenvalue weighted by molar-refractivity contribution is -0.432. The molecule has 1 aliphatic heterocycles. The lowest BCUT2D eigenvalue weighted by Crippen LogP contribution is -2.31. The Morgan fingerprint density at radius 2 is 1.86 bits per heavy atom. The van der Waals surface area contributed by atoms with E-state index in [0.717, 1.165) is 0 Å². The van der Waals surface area contributed by atoms with Crippen LogP contribution in [-0.4, -0.2) is 19.1 Å². The zero-order chi connectivity index (χ0) is 19.8. The zero-order valence-electron chi connectivity index (χ0n) is 15.1. The van der Waals surface area contributed by atoms with E-state index in [2.05, 4.69) is 5.32 Å². The summed E-state index contributed by atoms with van der Waals surface area (Å²) in [6.45, 7) is 0. The van der Waals surface area contributed by atoms with Gasteiger partial charge in [0.05, 0.1) is 23.0 Å². The topological polar surface area (TPSA) is 104 Å². The van der Waals surface area contributed by atoms with Crippen molar-refractivity contribution in [1.82, 2.24) is 5.32 Å².